The first-order valence-electron chi connectivity index (χ1n) is 5.96. The molecule has 1 aliphatic rings. The van der Waals surface area contributed by atoms with Crippen LogP contribution in [0.15, 0.2) is 18.3 Å². The van der Waals surface area contributed by atoms with Gasteiger partial charge in [0.2, 0.25) is 0 Å². The zero-order chi connectivity index (χ0) is 13.9. The summed E-state index contributed by atoms with van der Waals surface area (Å²) >= 11 is 0. The van der Waals surface area contributed by atoms with Crippen molar-refractivity contribution in [2.24, 2.45) is 0 Å². The summed E-state index contributed by atoms with van der Waals surface area (Å²) in [4.78, 5) is 17.5. The van der Waals surface area contributed by atoms with Crippen molar-refractivity contribution in [3.63, 3.8) is 0 Å². The molecule has 1 aromatic rings. The fraction of sp³-hybridized carbons (Fsp3) is 0.500. The maximum atomic E-state index is 11.3. The van der Waals surface area contributed by atoms with Crippen LogP contribution >= 0.6 is 0 Å². The molecule has 0 aliphatic carbocycles. The number of sulfone groups is 1. The maximum absolute atomic E-state index is 11.3. The van der Waals surface area contributed by atoms with Gasteiger partial charge in [0, 0.05) is 25.8 Å². The molecule has 0 amide bonds. The summed E-state index contributed by atoms with van der Waals surface area (Å²) in [6.07, 6.45) is 1.47. The molecule has 1 aromatic heterocycles. The molecule has 0 N–H and O–H groups in total. The van der Waals surface area contributed by atoms with Crippen molar-refractivity contribution in [3.05, 3.63) is 29.6 Å². The van der Waals surface area contributed by atoms with Gasteiger partial charge in [0.15, 0.2) is 9.84 Å². The molecule has 2 rings (SSSR count). The van der Waals surface area contributed by atoms with Crippen LogP contribution in [0.4, 0.5) is 0 Å². The van der Waals surface area contributed by atoms with Crippen LogP contribution < -0.4 is 0 Å². The quantitative estimate of drug-likeness (QED) is 0.733. The molecule has 19 heavy (non-hydrogen) atoms. The van der Waals surface area contributed by atoms with Crippen molar-refractivity contribution in [1.82, 2.24) is 9.88 Å². The van der Waals surface area contributed by atoms with Crippen molar-refractivity contribution >= 4 is 15.8 Å². The van der Waals surface area contributed by atoms with Gasteiger partial charge in [0.25, 0.3) is 0 Å². The molecule has 1 saturated heterocycles. The van der Waals surface area contributed by atoms with E-state index in [4.69, 9.17) is 0 Å². The Balaban J connectivity index is 1.95. The molecular weight excluding hydrogens is 268 g/mol. The van der Waals surface area contributed by atoms with Crippen LogP contribution in [0.25, 0.3) is 0 Å². The third-order valence-electron chi connectivity index (χ3n) is 3.07. The van der Waals surface area contributed by atoms with Crippen molar-refractivity contribution in [2.45, 2.75) is 6.54 Å². The Hall–Kier alpha value is -1.47. The van der Waals surface area contributed by atoms with Crippen LogP contribution in [-0.4, -0.2) is 56.0 Å². The van der Waals surface area contributed by atoms with Crippen LogP contribution in [0.2, 0.25) is 0 Å². The average Bonchev–Trinajstić information content (AvgIpc) is 2.41. The smallest absolute Gasteiger partial charge is 0.339 e. The van der Waals surface area contributed by atoms with Gasteiger partial charge in [0.05, 0.1) is 29.9 Å². The minimum absolute atomic E-state index is 0.202. The highest BCUT2D eigenvalue weighted by Crippen LogP contribution is 2.09. The van der Waals surface area contributed by atoms with E-state index in [1.807, 2.05) is 4.90 Å². The SMILES string of the molecule is COC(=O)c1ccc(CN2CCS(=O)(=O)CC2)nc1. The standard InChI is InChI=1S/C12H16N2O4S/c1-18-12(15)10-2-3-11(13-8-10)9-14-4-6-19(16,17)7-5-14/h2-3,8H,4-7,9H2,1H3. The second kappa shape index (κ2) is 5.66. The molecular formula is C12H16N2O4S. The van der Waals surface area contributed by atoms with Crippen LogP contribution in [-0.2, 0) is 21.1 Å². The number of carbonyl (C=O) groups excluding carboxylic acids is 1. The number of pyridine rings is 1. The number of hydrogen-bond acceptors (Lipinski definition) is 6. The third-order valence-corrected chi connectivity index (χ3v) is 4.68. The van der Waals surface area contributed by atoms with E-state index in [-0.39, 0.29) is 11.5 Å². The minimum atomic E-state index is -2.85. The number of nitrogens with zero attached hydrogens (tertiary/aromatic N) is 2. The van der Waals surface area contributed by atoms with Gasteiger partial charge in [-0.15, -0.1) is 0 Å². The number of carbonyl (C=O) groups is 1. The van der Waals surface area contributed by atoms with Crippen molar-refractivity contribution in [2.75, 3.05) is 31.7 Å². The van der Waals surface area contributed by atoms with E-state index in [0.29, 0.717) is 25.2 Å². The van der Waals surface area contributed by atoms with E-state index >= 15 is 0 Å². The van der Waals surface area contributed by atoms with E-state index in [1.165, 1.54) is 13.3 Å². The Labute approximate surface area is 112 Å². The molecule has 0 bridgehead atoms. The number of esters is 1. The lowest BCUT2D eigenvalue weighted by atomic mass is 10.2. The Kier molecular flexibility index (Phi) is 4.16. The van der Waals surface area contributed by atoms with Gasteiger partial charge >= 0.3 is 5.97 Å². The molecule has 0 atom stereocenters. The molecule has 104 valence electrons. The number of hydrogen-bond donors (Lipinski definition) is 0. The summed E-state index contributed by atoms with van der Waals surface area (Å²) in [5, 5.41) is 0. The Morgan fingerprint density at radius 3 is 2.58 bits per heavy atom. The largest absolute Gasteiger partial charge is 0.465 e. The molecule has 0 radical (unpaired) electrons. The summed E-state index contributed by atoms with van der Waals surface area (Å²) in [7, 11) is -1.53. The highest BCUT2D eigenvalue weighted by atomic mass is 32.2. The average molecular weight is 284 g/mol. The van der Waals surface area contributed by atoms with Gasteiger partial charge < -0.3 is 4.74 Å². The normalized spacial score (nSPS) is 19.0. The highest BCUT2D eigenvalue weighted by molar-refractivity contribution is 7.91. The lowest BCUT2D eigenvalue weighted by Crippen LogP contribution is -2.39. The summed E-state index contributed by atoms with van der Waals surface area (Å²) < 4.78 is 27.2. The van der Waals surface area contributed by atoms with Crippen LogP contribution in [0, 0.1) is 0 Å². The molecule has 1 fully saturated rings. The van der Waals surface area contributed by atoms with Crippen molar-refractivity contribution in [3.8, 4) is 0 Å². The van der Waals surface area contributed by atoms with Crippen LogP contribution in [0.5, 0.6) is 0 Å². The van der Waals surface area contributed by atoms with Crippen molar-refractivity contribution in [1.29, 1.82) is 0 Å². The van der Waals surface area contributed by atoms with Gasteiger partial charge in [-0.1, -0.05) is 0 Å². The molecule has 6 nitrogen and oxygen atoms in total. The maximum Gasteiger partial charge on any atom is 0.339 e. The Morgan fingerprint density at radius 1 is 1.37 bits per heavy atom. The summed E-state index contributed by atoms with van der Waals surface area (Å²) in [6.45, 7) is 1.66. The molecule has 7 heteroatoms. The first kappa shape index (κ1) is 14.0. The highest BCUT2D eigenvalue weighted by Gasteiger charge is 2.21. The van der Waals surface area contributed by atoms with Crippen LogP contribution in [0.1, 0.15) is 16.1 Å². The third kappa shape index (κ3) is 3.74. The lowest BCUT2D eigenvalue weighted by Gasteiger charge is -2.25. The molecule has 0 spiro atoms. The second-order valence-electron chi connectivity index (χ2n) is 4.46. The summed E-state index contributed by atoms with van der Waals surface area (Å²) in [6, 6.07) is 3.42. The number of aromatic nitrogens is 1. The van der Waals surface area contributed by atoms with Gasteiger partial charge in [-0.05, 0) is 12.1 Å². The number of rotatable bonds is 3. The van der Waals surface area contributed by atoms with Gasteiger partial charge in [0.1, 0.15) is 0 Å². The second-order valence-corrected chi connectivity index (χ2v) is 6.76. The van der Waals surface area contributed by atoms with E-state index in [2.05, 4.69) is 9.72 Å². The summed E-state index contributed by atoms with van der Waals surface area (Å²) in [5.41, 5.74) is 1.22. The monoisotopic (exact) mass is 284 g/mol. The zero-order valence-corrected chi connectivity index (χ0v) is 11.5. The first-order chi connectivity index (χ1) is 9.00. The van der Waals surface area contributed by atoms with Gasteiger partial charge in [-0.25, -0.2) is 13.2 Å². The van der Waals surface area contributed by atoms with Gasteiger partial charge in [-0.3, -0.25) is 9.88 Å². The first-order valence-corrected chi connectivity index (χ1v) is 7.78. The number of methoxy groups -OCH3 is 1. The van der Waals surface area contributed by atoms with E-state index in [0.717, 1.165) is 5.69 Å². The van der Waals surface area contributed by atoms with Crippen molar-refractivity contribution < 1.29 is 17.9 Å². The predicted octanol–water partition coefficient (Wildman–Crippen LogP) is 0.0986. The van der Waals surface area contributed by atoms with Gasteiger partial charge in [-0.2, -0.15) is 0 Å². The zero-order valence-electron chi connectivity index (χ0n) is 10.7. The fourth-order valence-electron chi connectivity index (χ4n) is 1.89. The summed E-state index contributed by atoms with van der Waals surface area (Å²) in [5.74, 6) is -0.0105. The molecule has 2 heterocycles. The molecule has 0 saturated carbocycles. The van der Waals surface area contributed by atoms with Crippen LogP contribution in [0.3, 0.4) is 0 Å². The predicted molar refractivity (Wildman–Crippen MR) is 69.5 cm³/mol. The lowest BCUT2D eigenvalue weighted by molar-refractivity contribution is 0.0600. The Morgan fingerprint density at radius 2 is 2.05 bits per heavy atom. The molecule has 1 aliphatic heterocycles. The Bertz CT molecular complexity index is 540. The van der Waals surface area contributed by atoms with E-state index in [1.54, 1.807) is 12.1 Å². The fourth-order valence-corrected chi connectivity index (χ4v) is 3.17. The topological polar surface area (TPSA) is 76.6 Å². The van der Waals surface area contributed by atoms with E-state index < -0.39 is 15.8 Å². The molecule has 0 unspecified atom stereocenters. The minimum Gasteiger partial charge on any atom is -0.465 e. The van der Waals surface area contributed by atoms with E-state index in [9.17, 15) is 13.2 Å². The molecule has 0 aromatic carbocycles. The number of ether oxygens (including phenoxy) is 1.